The summed E-state index contributed by atoms with van der Waals surface area (Å²) in [5.41, 5.74) is 23.2. The summed E-state index contributed by atoms with van der Waals surface area (Å²) >= 11 is 0. The molecule has 0 aliphatic carbocycles. The monoisotopic (exact) mass is 1040 g/mol. The summed E-state index contributed by atoms with van der Waals surface area (Å²) in [6.45, 7) is 13.6. The van der Waals surface area contributed by atoms with Crippen LogP contribution in [0.5, 0.6) is 0 Å². The molecule has 6 nitrogen and oxygen atoms in total. The van der Waals surface area contributed by atoms with E-state index in [0.29, 0.717) is 0 Å². The predicted octanol–water partition coefficient (Wildman–Crippen LogP) is 18.7. The Morgan fingerprint density at radius 3 is 1.59 bits per heavy atom. The second-order valence-electron chi connectivity index (χ2n) is 24.1. The Bertz CT molecular complexity index is 4860. The molecule has 11 aromatic carbocycles. The molecule has 0 bridgehead atoms. The van der Waals surface area contributed by atoms with Crippen molar-refractivity contribution >= 4 is 140 Å². The summed E-state index contributed by atoms with van der Waals surface area (Å²) in [4.78, 5) is 7.49. The first-order valence-electron chi connectivity index (χ1n) is 28.3. The van der Waals surface area contributed by atoms with Crippen molar-refractivity contribution in [2.45, 2.75) is 52.4 Å². The van der Waals surface area contributed by atoms with Gasteiger partial charge in [0.15, 0.2) is 0 Å². The van der Waals surface area contributed by atoms with E-state index in [4.69, 9.17) is 8.83 Å². The molecule has 16 rings (SSSR count). The van der Waals surface area contributed by atoms with E-state index in [1.165, 1.54) is 43.8 Å². The number of furan rings is 2. The molecule has 0 unspecified atom stereocenters. The first kappa shape index (κ1) is 47.3. The first-order valence-corrected chi connectivity index (χ1v) is 28.3. The second-order valence-corrected chi connectivity index (χ2v) is 24.1. The van der Waals surface area contributed by atoms with E-state index in [1.54, 1.807) is 0 Å². The molecule has 5 heterocycles. The van der Waals surface area contributed by atoms with Gasteiger partial charge in [-0.3, -0.25) is 0 Å². The third kappa shape index (κ3) is 7.20. The smallest absolute Gasteiger partial charge is 0.252 e. The van der Waals surface area contributed by atoms with Crippen molar-refractivity contribution in [3.8, 4) is 5.69 Å². The number of anilines is 9. The Morgan fingerprint density at radius 1 is 0.358 bits per heavy atom. The number of hydrogen-bond acceptors (Lipinski definition) is 5. The minimum Gasteiger partial charge on any atom is -0.456 e. The van der Waals surface area contributed by atoms with Gasteiger partial charge >= 0.3 is 0 Å². The Labute approximate surface area is 471 Å². The van der Waals surface area contributed by atoms with Crippen LogP contribution >= 0.6 is 0 Å². The fourth-order valence-electron chi connectivity index (χ4n) is 13.4. The van der Waals surface area contributed by atoms with Crippen LogP contribution in [0.15, 0.2) is 245 Å². The molecule has 2 aliphatic rings. The number of fused-ring (bicyclic) bond motifs is 14. The molecular weight excluding hydrogens is 988 g/mol. The van der Waals surface area contributed by atoms with Gasteiger partial charge in [-0.1, -0.05) is 157 Å². The van der Waals surface area contributed by atoms with Crippen LogP contribution in [0.3, 0.4) is 0 Å². The van der Waals surface area contributed by atoms with E-state index in [1.807, 2.05) is 6.07 Å². The maximum absolute atomic E-state index is 6.74. The van der Waals surface area contributed by atoms with Crippen LogP contribution in [0.1, 0.15) is 52.7 Å². The molecule has 0 atom stereocenters. The second kappa shape index (κ2) is 17.4. The molecule has 81 heavy (non-hydrogen) atoms. The molecule has 0 N–H and O–H groups in total. The summed E-state index contributed by atoms with van der Waals surface area (Å²) in [7, 11) is 0. The van der Waals surface area contributed by atoms with Crippen LogP contribution in [0, 0.1) is 0 Å². The maximum atomic E-state index is 6.74. The highest BCUT2D eigenvalue weighted by atomic mass is 16.3. The van der Waals surface area contributed by atoms with Crippen molar-refractivity contribution in [2.24, 2.45) is 0 Å². The lowest BCUT2D eigenvalue weighted by Crippen LogP contribution is -2.61. The van der Waals surface area contributed by atoms with Gasteiger partial charge in [-0.15, -0.1) is 0 Å². The minimum atomic E-state index is -0.119. The van der Waals surface area contributed by atoms with Gasteiger partial charge in [-0.05, 0) is 160 Å². The highest BCUT2D eigenvalue weighted by Gasteiger charge is 2.45. The SMILES string of the molecule is CC(C)(C)c1ccc(N2c3cc(N(c4ccc5oc6ccccc6c5c4)c4ccc5c(c4)c4ccccc4n5-c4ccccc4)ccc3B3c4ccc5oc6ccccc6c5c4N(c4ccc(C(C)(C)C)cc4)c4cccc2c43)cc1. The zero-order valence-corrected chi connectivity index (χ0v) is 46.2. The Hall–Kier alpha value is -9.72. The lowest BCUT2D eigenvalue weighted by Gasteiger charge is -2.44. The fraction of sp³-hybridized carbons (Fsp3) is 0.108. The van der Waals surface area contributed by atoms with E-state index in [2.05, 4.69) is 291 Å². The molecule has 388 valence electrons. The molecule has 0 radical (unpaired) electrons. The average molecular weight is 1050 g/mol. The Kier molecular flexibility index (Phi) is 10.2. The van der Waals surface area contributed by atoms with Crippen LogP contribution in [-0.4, -0.2) is 11.3 Å². The summed E-state index contributed by atoms with van der Waals surface area (Å²) in [6.07, 6.45) is 0. The zero-order valence-electron chi connectivity index (χ0n) is 46.2. The predicted molar refractivity (Wildman–Crippen MR) is 341 cm³/mol. The van der Waals surface area contributed by atoms with Crippen molar-refractivity contribution in [2.75, 3.05) is 14.7 Å². The Morgan fingerprint density at radius 2 is 0.877 bits per heavy atom. The summed E-state index contributed by atoms with van der Waals surface area (Å²) in [5.74, 6) is 0. The fourth-order valence-corrected chi connectivity index (χ4v) is 13.4. The van der Waals surface area contributed by atoms with Gasteiger partial charge < -0.3 is 28.1 Å². The summed E-state index contributed by atoms with van der Waals surface area (Å²) < 4.78 is 15.6. The van der Waals surface area contributed by atoms with Crippen molar-refractivity contribution in [1.29, 1.82) is 0 Å². The molecule has 7 heteroatoms. The number of hydrogen-bond donors (Lipinski definition) is 0. The maximum Gasteiger partial charge on any atom is 0.252 e. The van der Waals surface area contributed by atoms with Crippen molar-refractivity contribution in [1.82, 2.24) is 4.57 Å². The highest BCUT2D eigenvalue weighted by Crippen LogP contribution is 2.50. The molecule has 0 spiro atoms. The topological polar surface area (TPSA) is 40.9 Å². The average Bonchev–Trinajstić information content (AvgIpc) is 4.10. The van der Waals surface area contributed by atoms with Crippen molar-refractivity contribution in [3.63, 3.8) is 0 Å². The van der Waals surface area contributed by atoms with Crippen molar-refractivity contribution < 1.29 is 8.83 Å². The summed E-state index contributed by atoms with van der Waals surface area (Å²) in [5, 5.41) is 6.77. The van der Waals surface area contributed by atoms with E-state index >= 15 is 0 Å². The molecule has 0 saturated carbocycles. The molecule has 2 aliphatic heterocycles. The van der Waals surface area contributed by atoms with Crippen molar-refractivity contribution in [3.05, 3.63) is 248 Å². The standard InChI is InChI=1S/C74H57BN4O2/c1-73(2,3)46-27-31-49(32-28-46)78-63-23-16-24-64-71(63)75(60-39-42-69-70(56-21-12-15-26-67(56)81-69)72(60)79(64)50-33-29-47(30-34-50)74(4,5)6)59-38-35-53(45-65(59)78)76(52-37-41-68-58(44-52)55-20-11-14-25-66(55)80-68)51-36-40-62-57(43-51)54-19-10-13-22-61(54)77(62)48-17-8-7-9-18-48/h7-45H,1-6H3. The Balaban J connectivity index is 0.967. The van der Waals surface area contributed by atoms with Gasteiger partial charge in [0.1, 0.15) is 22.3 Å². The molecule has 0 saturated heterocycles. The number of rotatable bonds is 6. The van der Waals surface area contributed by atoms with Crippen LogP contribution < -0.4 is 31.1 Å². The molecule has 14 aromatic rings. The number of nitrogens with zero attached hydrogens (tertiary/aromatic N) is 4. The molecular formula is C74H57BN4O2. The van der Waals surface area contributed by atoms with Gasteiger partial charge in [0.2, 0.25) is 0 Å². The lowest BCUT2D eigenvalue weighted by atomic mass is 9.33. The number of aromatic nitrogens is 1. The quantitative estimate of drug-likeness (QED) is 0.155. The van der Waals surface area contributed by atoms with Crippen LogP contribution in [0.2, 0.25) is 0 Å². The third-order valence-corrected chi connectivity index (χ3v) is 17.3. The molecule has 0 amide bonds. The number of para-hydroxylation sites is 4. The van der Waals surface area contributed by atoms with E-state index < -0.39 is 0 Å². The van der Waals surface area contributed by atoms with Crippen LogP contribution in [0.25, 0.3) is 71.4 Å². The highest BCUT2D eigenvalue weighted by molar-refractivity contribution is 7.00. The lowest BCUT2D eigenvalue weighted by molar-refractivity contribution is 0.590. The van der Waals surface area contributed by atoms with Gasteiger partial charge in [0.25, 0.3) is 6.71 Å². The van der Waals surface area contributed by atoms with Gasteiger partial charge in [-0.2, -0.15) is 0 Å². The normalized spacial score (nSPS) is 13.2. The van der Waals surface area contributed by atoms with Crippen LogP contribution in [-0.2, 0) is 10.8 Å². The van der Waals surface area contributed by atoms with Gasteiger partial charge in [-0.25, -0.2) is 0 Å². The first-order chi connectivity index (χ1) is 39.4. The zero-order chi connectivity index (χ0) is 54.5. The van der Waals surface area contributed by atoms with E-state index in [0.717, 1.165) is 106 Å². The largest absolute Gasteiger partial charge is 0.456 e. The minimum absolute atomic E-state index is 0.000465. The third-order valence-electron chi connectivity index (χ3n) is 17.3. The van der Waals surface area contributed by atoms with E-state index in [-0.39, 0.29) is 17.5 Å². The van der Waals surface area contributed by atoms with E-state index in [9.17, 15) is 0 Å². The summed E-state index contributed by atoms with van der Waals surface area (Å²) in [6, 6.07) is 87.2. The van der Waals surface area contributed by atoms with Gasteiger partial charge in [0, 0.05) is 78.1 Å². The molecule has 0 fully saturated rings. The van der Waals surface area contributed by atoms with Crippen LogP contribution in [0.4, 0.5) is 51.2 Å². The molecule has 3 aromatic heterocycles. The van der Waals surface area contributed by atoms with Gasteiger partial charge in [0.05, 0.1) is 22.1 Å². The number of benzene rings is 11.